The molecule has 1 aromatic carbocycles. The summed E-state index contributed by atoms with van der Waals surface area (Å²) in [6.07, 6.45) is 6.98. The average molecular weight is 610 g/mol. The lowest BCUT2D eigenvalue weighted by Gasteiger charge is -2.23. The number of benzene rings is 1. The molecule has 12 nitrogen and oxygen atoms in total. The first-order valence-corrected chi connectivity index (χ1v) is 15.9. The van der Waals surface area contributed by atoms with Crippen molar-refractivity contribution in [1.82, 2.24) is 35.5 Å². The van der Waals surface area contributed by atoms with Crippen molar-refractivity contribution < 1.29 is 23.9 Å². The number of thioether (sulfide) groups is 1. The van der Waals surface area contributed by atoms with E-state index in [1.807, 2.05) is 38.4 Å². The molecule has 4 rings (SSSR count). The molecule has 3 amide bonds. The van der Waals surface area contributed by atoms with Crippen molar-refractivity contribution in [3.63, 3.8) is 0 Å². The molecular weight excluding hydrogens is 570 g/mol. The van der Waals surface area contributed by atoms with E-state index in [9.17, 15) is 14.4 Å². The Morgan fingerprint density at radius 3 is 2.88 bits per heavy atom. The van der Waals surface area contributed by atoms with Gasteiger partial charge in [0.2, 0.25) is 11.8 Å². The summed E-state index contributed by atoms with van der Waals surface area (Å²) >= 11 is 1.61. The number of ether oxygens (including phenoxy) is 2. The molecule has 230 valence electrons. The van der Waals surface area contributed by atoms with Crippen molar-refractivity contribution in [3.05, 3.63) is 65.1 Å². The van der Waals surface area contributed by atoms with Crippen molar-refractivity contribution in [2.24, 2.45) is 0 Å². The molecule has 0 spiro atoms. The van der Waals surface area contributed by atoms with E-state index in [0.29, 0.717) is 80.4 Å². The van der Waals surface area contributed by atoms with Gasteiger partial charge >= 0.3 is 0 Å². The molecule has 13 heteroatoms. The number of hydrogen-bond acceptors (Lipinski definition) is 9. The number of rotatable bonds is 6. The van der Waals surface area contributed by atoms with E-state index < -0.39 is 6.04 Å². The maximum atomic E-state index is 13.7. The first-order valence-electron chi connectivity index (χ1n) is 14.5. The van der Waals surface area contributed by atoms with E-state index in [2.05, 4.69) is 25.9 Å². The third-order valence-electron chi connectivity index (χ3n) is 6.90. The Morgan fingerprint density at radius 2 is 2.07 bits per heavy atom. The Bertz CT molecular complexity index is 1400. The predicted octanol–water partition coefficient (Wildman–Crippen LogP) is 2.86. The molecular formula is C30H39N7O5S. The summed E-state index contributed by atoms with van der Waals surface area (Å²) in [6, 6.07) is 8.06. The van der Waals surface area contributed by atoms with Gasteiger partial charge in [0.25, 0.3) is 11.8 Å². The van der Waals surface area contributed by atoms with Crippen LogP contribution in [0.1, 0.15) is 58.2 Å². The molecule has 0 saturated carbocycles. The average Bonchev–Trinajstić information content (AvgIpc) is 3.46. The van der Waals surface area contributed by atoms with Gasteiger partial charge in [-0.05, 0) is 68.5 Å². The zero-order valence-electron chi connectivity index (χ0n) is 24.9. The summed E-state index contributed by atoms with van der Waals surface area (Å²) < 4.78 is 13.3. The van der Waals surface area contributed by atoms with Gasteiger partial charge in [0.05, 0.1) is 26.0 Å². The third-order valence-corrected chi connectivity index (χ3v) is 7.54. The lowest BCUT2D eigenvalue weighted by molar-refractivity contribution is -0.123. The topological polar surface area (TPSA) is 141 Å². The Kier molecular flexibility index (Phi) is 11.8. The SMILES string of the molecule is CCOc1ncccc1C(=O)N1CCCNC(=O)[C@H](CCSC)NC(=O)c2cc(ccc2C)OCCCn2cc(nn2)C1. The van der Waals surface area contributed by atoms with Crippen LogP contribution in [0.25, 0.3) is 0 Å². The number of hydrogen-bond donors (Lipinski definition) is 2. The second-order valence-electron chi connectivity index (χ2n) is 10.1. The van der Waals surface area contributed by atoms with Crippen molar-refractivity contribution in [2.75, 3.05) is 38.3 Å². The monoisotopic (exact) mass is 609 g/mol. The molecule has 2 N–H and O–H groups in total. The second kappa shape index (κ2) is 15.9. The smallest absolute Gasteiger partial charge is 0.259 e. The molecule has 0 unspecified atom stereocenters. The molecule has 0 fully saturated rings. The number of nitrogens with one attached hydrogen (secondary N) is 2. The van der Waals surface area contributed by atoms with Crippen LogP contribution in [0.4, 0.5) is 0 Å². The van der Waals surface area contributed by atoms with E-state index in [-0.39, 0.29) is 30.1 Å². The number of aryl methyl sites for hydroxylation is 2. The van der Waals surface area contributed by atoms with Crippen LogP contribution in [0.5, 0.6) is 11.6 Å². The quantitative estimate of drug-likeness (QED) is 0.432. The number of carbonyl (C=O) groups excluding carboxylic acids is 3. The minimum absolute atomic E-state index is 0.224. The van der Waals surface area contributed by atoms with E-state index >= 15 is 0 Å². The van der Waals surface area contributed by atoms with Gasteiger partial charge in [-0.1, -0.05) is 11.3 Å². The summed E-state index contributed by atoms with van der Waals surface area (Å²) in [5.41, 5.74) is 2.24. The Labute approximate surface area is 255 Å². The maximum absolute atomic E-state index is 13.7. The normalized spacial score (nSPS) is 16.9. The van der Waals surface area contributed by atoms with E-state index in [4.69, 9.17) is 9.47 Å². The number of aromatic nitrogens is 4. The summed E-state index contributed by atoms with van der Waals surface area (Å²) in [6.45, 7) is 5.92. The number of nitrogens with zero attached hydrogens (tertiary/aromatic N) is 5. The van der Waals surface area contributed by atoms with Gasteiger partial charge in [-0.15, -0.1) is 5.10 Å². The molecule has 43 heavy (non-hydrogen) atoms. The lowest BCUT2D eigenvalue weighted by atomic mass is 10.1. The number of fused-ring (bicyclic) bond motifs is 4. The molecule has 3 heterocycles. The third kappa shape index (κ3) is 8.93. The van der Waals surface area contributed by atoms with Gasteiger partial charge in [0, 0.05) is 37.8 Å². The number of pyridine rings is 1. The minimum Gasteiger partial charge on any atom is -0.494 e. The first kappa shape index (κ1) is 31.8. The van der Waals surface area contributed by atoms with Crippen LogP contribution in [0, 0.1) is 6.92 Å². The lowest BCUT2D eigenvalue weighted by Crippen LogP contribution is -2.47. The standard InChI is InChI=1S/C30H39N7O5S/c1-4-41-29-24(8-5-12-32-29)30(40)36-14-6-13-31-28(39)26(11-17-43-3)33-27(38)25-18-23(10-9-21(25)2)42-16-7-15-37-20-22(19-36)34-35-37/h5,8-10,12,18,20,26H,4,6-7,11,13-17,19H2,1-3H3,(H,31,39)(H,33,38)/t26-/m0/s1. The summed E-state index contributed by atoms with van der Waals surface area (Å²) in [5, 5.41) is 14.4. The molecule has 1 aliphatic rings. The van der Waals surface area contributed by atoms with Gasteiger partial charge in [-0.2, -0.15) is 11.8 Å². The summed E-state index contributed by atoms with van der Waals surface area (Å²) in [4.78, 5) is 46.0. The van der Waals surface area contributed by atoms with Crippen LogP contribution >= 0.6 is 11.8 Å². The van der Waals surface area contributed by atoms with E-state index in [1.165, 1.54) is 0 Å². The van der Waals surface area contributed by atoms with Gasteiger partial charge in [-0.25, -0.2) is 4.98 Å². The Balaban J connectivity index is 1.56. The fraction of sp³-hybridized carbons (Fsp3) is 0.467. The minimum atomic E-state index is -0.702. The number of carbonyl (C=O) groups is 3. The highest BCUT2D eigenvalue weighted by atomic mass is 32.2. The van der Waals surface area contributed by atoms with Crippen LogP contribution < -0.4 is 20.1 Å². The van der Waals surface area contributed by atoms with Crippen molar-refractivity contribution >= 4 is 29.5 Å². The molecule has 0 aliphatic carbocycles. The zero-order valence-corrected chi connectivity index (χ0v) is 25.7. The van der Waals surface area contributed by atoms with Gasteiger partial charge in [0.1, 0.15) is 23.0 Å². The first-order chi connectivity index (χ1) is 20.9. The van der Waals surface area contributed by atoms with E-state index in [0.717, 1.165) is 5.56 Å². The Morgan fingerprint density at radius 1 is 1.21 bits per heavy atom. The van der Waals surface area contributed by atoms with Crippen LogP contribution in [0.15, 0.2) is 42.7 Å². The van der Waals surface area contributed by atoms with Crippen LogP contribution in [-0.2, 0) is 17.9 Å². The molecule has 1 aliphatic heterocycles. The molecule has 4 bridgehead atoms. The fourth-order valence-corrected chi connectivity index (χ4v) is 5.11. The van der Waals surface area contributed by atoms with Crippen LogP contribution in [0.2, 0.25) is 0 Å². The van der Waals surface area contributed by atoms with Gasteiger partial charge < -0.3 is 25.0 Å². The second-order valence-corrected chi connectivity index (χ2v) is 11.1. The number of amides is 3. The highest BCUT2D eigenvalue weighted by Gasteiger charge is 2.24. The highest BCUT2D eigenvalue weighted by Crippen LogP contribution is 2.20. The Hall–Kier alpha value is -4.13. The van der Waals surface area contributed by atoms with Gasteiger partial charge in [-0.3, -0.25) is 19.1 Å². The van der Waals surface area contributed by atoms with E-state index in [1.54, 1.807) is 45.7 Å². The van der Waals surface area contributed by atoms with Crippen molar-refractivity contribution in [1.29, 1.82) is 0 Å². The fourth-order valence-electron chi connectivity index (χ4n) is 4.64. The van der Waals surface area contributed by atoms with Crippen molar-refractivity contribution in [2.45, 2.75) is 52.2 Å². The van der Waals surface area contributed by atoms with Gasteiger partial charge in [0.15, 0.2) is 0 Å². The molecule has 2 aromatic heterocycles. The van der Waals surface area contributed by atoms with Crippen molar-refractivity contribution in [3.8, 4) is 11.6 Å². The summed E-state index contributed by atoms with van der Waals surface area (Å²) in [5.74, 6) is 0.697. The molecule has 1 atom stereocenters. The largest absolute Gasteiger partial charge is 0.494 e. The van der Waals surface area contributed by atoms with Crippen LogP contribution in [-0.4, -0.2) is 87.0 Å². The predicted molar refractivity (Wildman–Crippen MR) is 163 cm³/mol. The highest BCUT2D eigenvalue weighted by molar-refractivity contribution is 7.98. The molecule has 0 saturated heterocycles. The van der Waals surface area contributed by atoms with Crippen LogP contribution in [0.3, 0.4) is 0 Å². The zero-order chi connectivity index (χ0) is 30.6. The molecule has 3 aromatic rings. The summed E-state index contributed by atoms with van der Waals surface area (Å²) in [7, 11) is 0. The maximum Gasteiger partial charge on any atom is 0.259 e. The molecule has 0 radical (unpaired) electrons.